The van der Waals surface area contributed by atoms with Crippen molar-refractivity contribution in [1.82, 2.24) is 5.32 Å². The van der Waals surface area contributed by atoms with Crippen LogP contribution >= 0.6 is 0 Å². The second-order valence-electron chi connectivity index (χ2n) is 3.99. The predicted molar refractivity (Wildman–Crippen MR) is 95.6 cm³/mol. The van der Waals surface area contributed by atoms with Crippen LogP contribution in [0.2, 0.25) is 0 Å². The Balaban J connectivity index is 0. The van der Waals surface area contributed by atoms with E-state index in [0.717, 1.165) is 11.3 Å². The molecule has 0 bridgehead atoms. The summed E-state index contributed by atoms with van der Waals surface area (Å²) in [5, 5.41) is 2.22. The van der Waals surface area contributed by atoms with E-state index in [1.807, 2.05) is 43.3 Å². The second-order valence-corrected chi connectivity index (χ2v) is 5.56. The van der Waals surface area contributed by atoms with Gasteiger partial charge < -0.3 is 11.1 Å². The van der Waals surface area contributed by atoms with Crippen LogP contribution in [-0.4, -0.2) is 44.9 Å². The number of hydrogen-bond acceptors (Lipinski definition) is 5. The van der Waals surface area contributed by atoms with Gasteiger partial charge in [-0.2, -0.15) is 8.42 Å². The summed E-state index contributed by atoms with van der Waals surface area (Å²) in [6.45, 7) is 6.70. The zero-order chi connectivity index (χ0) is 18.3. The monoisotopic (exact) mass is 343 g/mol. The zero-order valence-corrected chi connectivity index (χ0v) is 14.5. The Morgan fingerprint density at radius 3 is 2.39 bits per heavy atom. The Labute approximate surface area is 138 Å². The lowest BCUT2D eigenvalue weighted by Crippen LogP contribution is -2.26. The van der Waals surface area contributed by atoms with Crippen molar-refractivity contribution in [3.8, 4) is 0 Å². The summed E-state index contributed by atoms with van der Waals surface area (Å²) in [5.74, 6) is -0.754. The second kappa shape index (κ2) is 13.6. The fraction of sp³-hybridized carbons (Fsp3) is 0.333. The van der Waals surface area contributed by atoms with E-state index in [4.69, 9.17) is 4.55 Å². The average molecular weight is 343 g/mol. The Morgan fingerprint density at radius 2 is 1.96 bits per heavy atom. The molecule has 1 aromatic carbocycles. The van der Waals surface area contributed by atoms with Gasteiger partial charge in [-0.3, -0.25) is 14.3 Å². The molecule has 1 rings (SSSR count). The number of carbonyl (C=O) groups excluding carboxylic acids is 1. The van der Waals surface area contributed by atoms with Gasteiger partial charge >= 0.3 is 0 Å². The van der Waals surface area contributed by atoms with Crippen LogP contribution in [0, 0.1) is 0 Å². The van der Waals surface area contributed by atoms with Crippen LogP contribution in [0.1, 0.15) is 19.4 Å². The zero-order valence-electron chi connectivity index (χ0n) is 13.7. The third-order valence-electron chi connectivity index (χ3n) is 2.19. The SMILES string of the molecule is C=Nc1ccccc1/C=C\C.CC(=O)NCCS(=O)(=O)O.CN. The minimum absolute atomic E-state index is 0.0475. The van der Waals surface area contributed by atoms with Crippen LogP contribution < -0.4 is 11.1 Å². The molecule has 23 heavy (non-hydrogen) atoms. The van der Waals surface area contributed by atoms with Crippen molar-refractivity contribution in [3.63, 3.8) is 0 Å². The molecule has 0 aromatic heterocycles. The fourth-order valence-electron chi connectivity index (χ4n) is 1.31. The number of aliphatic imine (C=N–C) groups is 1. The molecule has 1 aromatic rings. The molecule has 130 valence electrons. The molecule has 0 spiro atoms. The highest BCUT2D eigenvalue weighted by atomic mass is 32.2. The van der Waals surface area contributed by atoms with Gasteiger partial charge in [0.05, 0.1) is 11.4 Å². The Hall–Kier alpha value is -2.03. The Morgan fingerprint density at radius 1 is 1.39 bits per heavy atom. The van der Waals surface area contributed by atoms with E-state index in [1.54, 1.807) is 0 Å². The van der Waals surface area contributed by atoms with E-state index >= 15 is 0 Å². The van der Waals surface area contributed by atoms with Crippen molar-refractivity contribution in [2.45, 2.75) is 13.8 Å². The summed E-state index contributed by atoms with van der Waals surface area (Å²) < 4.78 is 28.2. The maximum absolute atomic E-state index is 10.1. The molecule has 0 aliphatic heterocycles. The largest absolute Gasteiger partial charge is 0.355 e. The molecule has 0 radical (unpaired) electrons. The van der Waals surface area contributed by atoms with Gasteiger partial charge in [0.2, 0.25) is 5.91 Å². The van der Waals surface area contributed by atoms with E-state index in [2.05, 4.69) is 22.8 Å². The van der Waals surface area contributed by atoms with Crippen molar-refractivity contribution < 1.29 is 17.8 Å². The lowest BCUT2D eigenvalue weighted by Gasteiger charge is -1.97. The number of rotatable bonds is 5. The summed E-state index contributed by atoms with van der Waals surface area (Å²) in [7, 11) is -2.43. The first-order chi connectivity index (χ1) is 10.8. The molecule has 8 heteroatoms. The minimum Gasteiger partial charge on any atom is -0.355 e. The van der Waals surface area contributed by atoms with Crippen molar-refractivity contribution in [3.05, 3.63) is 35.9 Å². The van der Waals surface area contributed by atoms with Gasteiger partial charge in [0, 0.05) is 13.5 Å². The van der Waals surface area contributed by atoms with Crippen molar-refractivity contribution >= 4 is 34.5 Å². The molecule has 0 saturated heterocycles. The Kier molecular flexibility index (Phi) is 13.8. The first kappa shape index (κ1) is 23.2. The number of benzene rings is 1. The van der Waals surface area contributed by atoms with E-state index in [1.165, 1.54) is 14.0 Å². The van der Waals surface area contributed by atoms with Gasteiger partial charge in [-0.25, -0.2) is 0 Å². The first-order valence-electron chi connectivity index (χ1n) is 6.76. The summed E-state index contributed by atoms with van der Waals surface area (Å²) in [6, 6.07) is 7.91. The highest BCUT2D eigenvalue weighted by Crippen LogP contribution is 2.18. The molecule has 4 N–H and O–H groups in total. The molecule has 7 nitrogen and oxygen atoms in total. The molecule has 0 aliphatic rings. The highest BCUT2D eigenvalue weighted by Gasteiger charge is 2.02. The molecular weight excluding hydrogens is 318 g/mol. The molecule has 0 fully saturated rings. The van der Waals surface area contributed by atoms with Crippen LogP contribution in [0.25, 0.3) is 6.08 Å². The number of amides is 1. The third-order valence-corrected chi connectivity index (χ3v) is 2.91. The molecular formula is C15H25N3O4S. The highest BCUT2D eigenvalue weighted by molar-refractivity contribution is 7.85. The van der Waals surface area contributed by atoms with Gasteiger partial charge in [-0.05, 0) is 32.3 Å². The average Bonchev–Trinajstić information content (AvgIpc) is 2.49. The maximum atomic E-state index is 10.1. The Bertz CT molecular complexity index is 598. The molecule has 0 unspecified atom stereocenters. The summed E-state index contributed by atoms with van der Waals surface area (Å²) >= 11 is 0. The van der Waals surface area contributed by atoms with Gasteiger partial charge in [0.25, 0.3) is 10.1 Å². The van der Waals surface area contributed by atoms with E-state index < -0.39 is 15.9 Å². The minimum atomic E-state index is -3.93. The van der Waals surface area contributed by atoms with Crippen LogP contribution in [0.15, 0.2) is 35.3 Å². The fourth-order valence-corrected chi connectivity index (χ4v) is 1.67. The quantitative estimate of drug-likeness (QED) is 0.554. The normalized spacial score (nSPS) is 9.96. The van der Waals surface area contributed by atoms with E-state index in [-0.39, 0.29) is 12.5 Å². The molecule has 0 atom stereocenters. The first-order valence-corrected chi connectivity index (χ1v) is 8.37. The topological polar surface area (TPSA) is 122 Å². The number of nitrogens with two attached hydrogens (primary N) is 1. The molecule has 0 saturated carbocycles. The number of carbonyl (C=O) groups is 1. The smallest absolute Gasteiger partial charge is 0.266 e. The number of allylic oxidation sites excluding steroid dienone is 1. The number of hydrogen-bond donors (Lipinski definition) is 3. The lowest BCUT2D eigenvalue weighted by atomic mass is 10.2. The number of para-hydroxylation sites is 1. The maximum Gasteiger partial charge on any atom is 0.266 e. The van der Waals surface area contributed by atoms with E-state index in [0.29, 0.717) is 0 Å². The molecule has 0 heterocycles. The molecule has 1 amide bonds. The third kappa shape index (κ3) is 14.7. The van der Waals surface area contributed by atoms with Gasteiger partial charge in [-0.15, -0.1) is 0 Å². The summed E-state index contributed by atoms with van der Waals surface area (Å²) in [6.07, 6.45) is 4.01. The van der Waals surface area contributed by atoms with Crippen LogP contribution in [0.4, 0.5) is 5.69 Å². The summed E-state index contributed by atoms with van der Waals surface area (Å²) in [5.41, 5.74) is 6.55. The van der Waals surface area contributed by atoms with Crippen LogP contribution in [0.5, 0.6) is 0 Å². The van der Waals surface area contributed by atoms with Gasteiger partial charge in [0.1, 0.15) is 0 Å². The predicted octanol–water partition coefficient (Wildman–Crippen LogP) is 1.64. The molecule has 0 aliphatic carbocycles. The van der Waals surface area contributed by atoms with Crippen LogP contribution in [-0.2, 0) is 14.9 Å². The summed E-state index contributed by atoms with van der Waals surface area (Å²) in [4.78, 5) is 14.0. The number of nitrogens with zero attached hydrogens (tertiary/aromatic N) is 1. The van der Waals surface area contributed by atoms with Crippen LogP contribution in [0.3, 0.4) is 0 Å². The van der Waals surface area contributed by atoms with Gasteiger partial charge in [-0.1, -0.05) is 30.4 Å². The van der Waals surface area contributed by atoms with Gasteiger partial charge in [0.15, 0.2) is 0 Å². The van der Waals surface area contributed by atoms with Crippen molar-refractivity contribution in [2.24, 2.45) is 10.7 Å². The van der Waals surface area contributed by atoms with Crippen molar-refractivity contribution in [1.29, 1.82) is 0 Å². The van der Waals surface area contributed by atoms with Crippen molar-refractivity contribution in [2.75, 3.05) is 19.3 Å². The van der Waals surface area contributed by atoms with E-state index in [9.17, 15) is 13.2 Å². The number of nitrogens with one attached hydrogen (secondary N) is 1. The lowest BCUT2D eigenvalue weighted by molar-refractivity contribution is -0.118. The standard InChI is InChI=1S/C10H11N.C4H9NO4S.CH5N/c1-3-6-9-7-4-5-8-10(9)11-2;1-4(6)5-2-3-10(7,8)9;1-2/h3-8H,2H2,1H3;2-3H2,1H3,(H,5,6)(H,7,8,9);2H2,1H3/b6-3-;;.